The van der Waals surface area contributed by atoms with Gasteiger partial charge in [0.1, 0.15) is 5.41 Å². The molecule has 1 heterocycles. The summed E-state index contributed by atoms with van der Waals surface area (Å²) >= 11 is 0. The molecule has 1 aliphatic rings. The fourth-order valence-corrected chi connectivity index (χ4v) is 4.25. The van der Waals surface area contributed by atoms with Crippen LogP contribution in [0.15, 0.2) is 42.5 Å². The molecule has 30 heavy (non-hydrogen) atoms. The number of aliphatic carboxylic acids is 1. The van der Waals surface area contributed by atoms with Crippen LogP contribution in [0.2, 0.25) is 0 Å². The van der Waals surface area contributed by atoms with Crippen molar-refractivity contribution in [1.82, 2.24) is 4.90 Å². The van der Waals surface area contributed by atoms with Gasteiger partial charge in [0.15, 0.2) is 11.5 Å². The molecule has 0 spiro atoms. The Morgan fingerprint density at radius 1 is 1.07 bits per heavy atom. The molecular weight excluding hydrogens is 386 g/mol. The molecule has 1 fully saturated rings. The highest BCUT2D eigenvalue weighted by molar-refractivity contribution is 5.76. The number of carboxylic acids is 1. The zero-order valence-corrected chi connectivity index (χ0v) is 17.6. The third-order valence-electron chi connectivity index (χ3n) is 5.83. The van der Waals surface area contributed by atoms with Crippen LogP contribution in [0.25, 0.3) is 0 Å². The number of methoxy groups -OCH3 is 3. The van der Waals surface area contributed by atoms with Gasteiger partial charge in [0, 0.05) is 25.2 Å². The SMILES string of the molecule is COc1ccc(CN2CC[C@H](O)[C@](Cc3ccccc3)(C(=O)O)C2)c(OC)c1OC. The van der Waals surface area contributed by atoms with Crippen LogP contribution < -0.4 is 14.2 Å². The first-order valence-electron chi connectivity index (χ1n) is 9.90. The number of rotatable bonds is 8. The van der Waals surface area contributed by atoms with Crippen molar-refractivity contribution in [2.75, 3.05) is 34.4 Å². The Morgan fingerprint density at radius 3 is 2.37 bits per heavy atom. The van der Waals surface area contributed by atoms with E-state index in [1.807, 2.05) is 47.4 Å². The van der Waals surface area contributed by atoms with Gasteiger partial charge in [0.25, 0.3) is 0 Å². The van der Waals surface area contributed by atoms with Crippen LogP contribution in [0.5, 0.6) is 17.2 Å². The zero-order valence-electron chi connectivity index (χ0n) is 17.6. The van der Waals surface area contributed by atoms with Gasteiger partial charge in [0.2, 0.25) is 5.75 Å². The van der Waals surface area contributed by atoms with E-state index in [-0.39, 0.29) is 13.0 Å². The van der Waals surface area contributed by atoms with E-state index >= 15 is 0 Å². The number of aliphatic hydroxyl groups excluding tert-OH is 1. The summed E-state index contributed by atoms with van der Waals surface area (Å²) in [7, 11) is 4.68. The molecule has 0 saturated carbocycles. The molecule has 1 aliphatic heterocycles. The summed E-state index contributed by atoms with van der Waals surface area (Å²) < 4.78 is 16.4. The maximum absolute atomic E-state index is 12.3. The lowest BCUT2D eigenvalue weighted by Gasteiger charge is -2.43. The van der Waals surface area contributed by atoms with Crippen LogP contribution >= 0.6 is 0 Å². The third-order valence-corrected chi connectivity index (χ3v) is 5.83. The zero-order chi connectivity index (χ0) is 21.7. The Hall–Kier alpha value is -2.77. The first kappa shape index (κ1) is 21.9. The molecular formula is C23H29NO6. The van der Waals surface area contributed by atoms with Crippen molar-refractivity contribution in [2.45, 2.75) is 25.5 Å². The third kappa shape index (κ3) is 4.22. The molecule has 0 unspecified atom stereocenters. The van der Waals surface area contributed by atoms with Crippen molar-refractivity contribution in [3.8, 4) is 17.2 Å². The summed E-state index contributed by atoms with van der Waals surface area (Å²) in [6.07, 6.45) is -0.266. The minimum Gasteiger partial charge on any atom is -0.493 e. The number of aliphatic hydroxyl groups is 1. The summed E-state index contributed by atoms with van der Waals surface area (Å²) in [5, 5.41) is 20.8. The predicted molar refractivity (Wildman–Crippen MR) is 112 cm³/mol. The van der Waals surface area contributed by atoms with Crippen LogP contribution in [-0.2, 0) is 17.8 Å². The molecule has 0 aliphatic carbocycles. The average molecular weight is 415 g/mol. The summed E-state index contributed by atoms with van der Waals surface area (Å²) in [5.41, 5.74) is 0.485. The fourth-order valence-electron chi connectivity index (χ4n) is 4.25. The van der Waals surface area contributed by atoms with Gasteiger partial charge in [-0.1, -0.05) is 36.4 Å². The largest absolute Gasteiger partial charge is 0.493 e. The average Bonchev–Trinajstić information content (AvgIpc) is 2.76. The van der Waals surface area contributed by atoms with Gasteiger partial charge in [-0.3, -0.25) is 9.69 Å². The van der Waals surface area contributed by atoms with E-state index in [1.54, 1.807) is 21.3 Å². The van der Waals surface area contributed by atoms with E-state index in [4.69, 9.17) is 14.2 Å². The number of carbonyl (C=O) groups is 1. The Balaban J connectivity index is 1.89. The van der Waals surface area contributed by atoms with Crippen LogP contribution in [0.3, 0.4) is 0 Å². The number of carboxylic acid groups (broad SMARTS) is 1. The van der Waals surface area contributed by atoms with Crippen molar-refractivity contribution in [1.29, 1.82) is 0 Å². The highest BCUT2D eigenvalue weighted by Crippen LogP contribution is 2.41. The van der Waals surface area contributed by atoms with Crippen LogP contribution in [0, 0.1) is 5.41 Å². The number of ether oxygens (including phenoxy) is 3. The topological polar surface area (TPSA) is 88.5 Å². The van der Waals surface area contributed by atoms with E-state index < -0.39 is 17.5 Å². The van der Waals surface area contributed by atoms with Crippen molar-refractivity contribution in [3.63, 3.8) is 0 Å². The molecule has 0 amide bonds. The number of hydrogen-bond acceptors (Lipinski definition) is 6. The second kappa shape index (κ2) is 9.36. The summed E-state index contributed by atoms with van der Waals surface area (Å²) in [4.78, 5) is 14.4. The Kier molecular flexibility index (Phi) is 6.84. The van der Waals surface area contributed by atoms with Gasteiger partial charge >= 0.3 is 5.97 Å². The molecule has 2 aromatic carbocycles. The first-order valence-corrected chi connectivity index (χ1v) is 9.90. The van der Waals surface area contributed by atoms with Gasteiger partial charge in [-0.25, -0.2) is 0 Å². The van der Waals surface area contributed by atoms with Gasteiger partial charge in [-0.15, -0.1) is 0 Å². The smallest absolute Gasteiger partial charge is 0.313 e. The molecule has 2 N–H and O–H groups in total. The lowest BCUT2D eigenvalue weighted by atomic mass is 9.72. The van der Waals surface area contributed by atoms with E-state index in [0.29, 0.717) is 36.8 Å². The number of likely N-dealkylation sites (tertiary alicyclic amines) is 1. The minimum absolute atomic E-state index is 0.232. The summed E-state index contributed by atoms with van der Waals surface area (Å²) in [6.45, 7) is 1.29. The lowest BCUT2D eigenvalue weighted by molar-refractivity contribution is -0.163. The first-order chi connectivity index (χ1) is 14.4. The molecule has 7 heteroatoms. The van der Waals surface area contributed by atoms with Crippen molar-refractivity contribution < 1.29 is 29.2 Å². The number of piperidine rings is 1. The highest BCUT2D eigenvalue weighted by Gasteiger charge is 2.49. The van der Waals surface area contributed by atoms with Crippen LogP contribution in [0.1, 0.15) is 17.5 Å². The van der Waals surface area contributed by atoms with Gasteiger partial charge in [-0.05, 0) is 24.5 Å². The second-order valence-electron chi connectivity index (χ2n) is 7.63. The monoisotopic (exact) mass is 415 g/mol. The van der Waals surface area contributed by atoms with E-state index in [1.165, 1.54) is 0 Å². The van der Waals surface area contributed by atoms with Gasteiger partial charge < -0.3 is 24.4 Å². The molecule has 0 radical (unpaired) electrons. The van der Waals surface area contributed by atoms with Crippen molar-refractivity contribution >= 4 is 5.97 Å². The quantitative estimate of drug-likeness (QED) is 0.685. The second-order valence-corrected chi connectivity index (χ2v) is 7.63. The summed E-state index contributed by atoms with van der Waals surface area (Å²) in [6, 6.07) is 13.2. The molecule has 3 rings (SSSR count). The maximum Gasteiger partial charge on any atom is 0.313 e. The molecule has 0 bridgehead atoms. The molecule has 0 aromatic heterocycles. The predicted octanol–water partition coefficient (Wildman–Crippen LogP) is 2.59. The molecule has 7 nitrogen and oxygen atoms in total. The number of hydrogen-bond donors (Lipinski definition) is 2. The standard InChI is InChI=1S/C23H29NO6/c1-28-18-10-9-17(20(29-2)21(18)30-3)14-24-12-11-19(25)23(15-24,22(26)27)13-16-7-5-4-6-8-16/h4-10,19,25H,11-15H2,1-3H3,(H,26,27)/t19-,23+/m0/s1. The number of nitrogens with zero attached hydrogens (tertiary/aromatic N) is 1. The van der Waals surface area contributed by atoms with Crippen molar-refractivity contribution in [3.05, 3.63) is 53.6 Å². The van der Waals surface area contributed by atoms with E-state index in [9.17, 15) is 15.0 Å². The number of benzene rings is 2. The normalized spacial score (nSPS) is 21.8. The Morgan fingerprint density at radius 2 is 1.77 bits per heavy atom. The molecule has 2 atom stereocenters. The van der Waals surface area contributed by atoms with Gasteiger partial charge in [-0.2, -0.15) is 0 Å². The Labute approximate surface area is 176 Å². The molecule has 2 aromatic rings. The van der Waals surface area contributed by atoms with Crippen LogP contribution in [0.4, 0.5) is 0 Å². The molecule has 1 saturated heterocycles. The lowest BCUT2D eigenvalue weighted by Crippen LogP contribution is -2.56. The molecule has 162 valence electrons. The summed E-state index contributed by atoms with van der Waals surface area (Å²) in [5.74, 6) is 0.647. The minimum atomic E-state index is -1.27. The fraction of sp³-hybridized carbons (Fsp3) is 0.435. The Bertz CT molecular complexity index is 871. The van der Waals surface area contributed by atoms with Crippen molar-refractivity contribution in [2.24, 2.45) is 5.41 Å². The highest BCUT2D eigenvalue weighted by atomic mass is 16.5. The maximum atomic E-state index is 12.3. The van der Waals surface area contributed by atoms with Crippen LogP contribution in [-0.4, -0.2) is 61.6 Å². The van der Waals surface area contributed by atoms with E-state index in [0.717, 1.165) is 11.1 Å². The van der Waals surface area contributed by atoms with Gasteiger partial charge in [0.05, 0.1) is 27.4 Å². The van der Waals surface area contributed by atoms with E-state index in [2.05, 4.69) is 0 Å².